The molecule has 2 rings (SSSR count). The van der Waals surface area contributed by atoms with Gasteiger partial charge in [-0.15, -0.1) is 0 Å². The highest BCUT2D eigenvalue weighted by Gasteiger charge is 2.22. The third kappa shape index (κ3) is 3.41. The summed E-state index contributed by atoms with van der Waals surface area (Å²) in [5, 5.41) is 6.53. The van der Waals surface area contributed by atoms with E-state index in [1.54, 1.807) is 12.1 Å². The number of amides is 1. The highest BCUT2D eigenvalue weighted by atomic mass is 35.5. The molecule has 1 heterocycles. The molecule has 1 fully saturated rings. The number of benzene rings is 1. The third-order valence-electron chi connectivity index (χ3n) is 2.73. The molecule has 2 N–H and O–H groups in total. The van der Waals surface area contributed by atoms with E-state index in [1.807, 2.05) is 12.1 Å². The van der Waals surface area contributed by atoms with Crippen molar-refractivity contribution in [2.45, 2.75) is 12.8 Å². The van der Waals surface area contributed by atoms with E-state index in [0.717, 1.165) is 23.5 Å². The van der Waals surface area contributed by atoms with Crippen LogP contribution in [0.5, 0.6) is 0 Å². The standard InChI is InChI=1S/C12H13ClN2OS/c13-9-2-1-3-10(6-9)15-12(16)8-4-5-11(17)14-7-8/h1-3,6,8H,4-5,7H2,(H,14,17)(H,15,16). The zero-order chi connectivity index (χ0) is 12.3. The van der Waals surface area contributed by atoms with E-state index < -0.39 is 0 Å². The lowest BCUT2D eigenvalue weighted by Gasteiger charge is -2.23. The van der Waals surface area contributed by atoms with Crippen LogP contribution in [-0.2, 0) is 4.79 Å². The Bertz CT molecular complexity index is 440. The third-order valence-corrected chi connectivity index (χ3v) is 3.31. The molecule has 0 bridgehead atoms. The highest BCUT2D eigenvalue weighted by molar-refractivity contribution is 7.80. The molecule has 1 amide bonds. The Morgan fingerprint density at radius 1 is 1.53 bits per heavy atom. The van der Waals surface area contributed by atoms with Gasteiger partial charge in [-0.05, 0) is 31.0 Å². The maximum absolute atomic E-state index is 11.9. The van der Waals surface area contributed by atoms with Gasteiger partial charge in [-0.2, -0.15) is 0 Å². The number of hydrogen-bond donors (Lipinski definition) is 2. The Hall–Kier alpha value is -1.13. The van der Waals surface area contributed by atoms with Crippen LogP contribution in [0.4, 0.5) is 5.69 Å². The lowest BCUT2D eigenvalue weighted by molar-refractivity contribution is -0.120. The van der Waals surface area contributed by atoms with Crippen LogP contribution >= 0.6 is 23.8 Å². The molecule has 17 heavy (non-hydrogen) atoms. The maximum atomic E-state index is 11.9. The molecule has 3 nitrogen and oxygen atoms in total. The summed E-state index contributed by atoms with van der Waals surface area (Å²) in [6.45, 7) is 0.616. The number of carbonyl (C=O) groups is 1. The summed E-state index contributed by atoms with van der Waals surface area (Å²) >= 11 is 10.9. The second kappa shape index (κ2) is 5.47. The molecule has 1 atom stereocenters. The smallest absolute Gasteiger partial charge is 0.229 e. The Morgan fingerprint density at radius 3 is 3.00 bits per heavy atom. The molecule has 0 aliphatic carbocycles. The summed E-state index contributed by atoms with van der Waals surface area (Å²) in [5.41, 5.74) is 0.732. The van der Waals surface area contributed by atoms with E-state index in [-0.39, 0.29) is 11.8 Å². The molecule has 5 heteroatoms. The minimum atomic E-state index is -0.0271. The maximum Gasteiger partial charge on any atom is 0.229 e. The molecule has 1 aromatic rings. The van der Waals surface area contributed by atoms with E-state index in [0.29, 0.717) is 11.6 Å². The normalized spacial score (nSPS) is 19.6. The number of carbonyl (C=O) groups excluding carboxylic acids is 1. The SMILES string of the molecule is O=C(Nc1cccc(Cl)c1)C1CCC(=S)NC1. The van der Waals surface area contributed by atoms with Gasteiger partial charge in [0.25, 0.3) is 0 Å². The summed E-state index contributed by atoms with van der Waals surface area (Å²) in [6.07, 6.45) is 1.58. The van der Waals surface area contributed by atoms with Crippen molar-refractivity contribution < 1.29 is 4.79 Å². The van der Waals surface area contributed by atoms with Gasteiger partial charge in [-0.25, -0.2) is 0 Å². The van der Waals surface area contributed by atoms with E-state index in [4.69, 9.17) is 23.8 Å². The van der Waals surface area contributed by atoms with Gasteiger partial charge in [-0.3, -0.25) is 4.79 Å². The van der Waals surface area contributed by atoms with Gasteiger partial charge < -0.3 is 10.6 Å². The van der Waals surface area contributed by atoms with Crippen molar-refractivity contribution in [2.75, 3.05) is 11.9 Å². The Labute approximate surface area is 111 Å². The van der Waals surface area contributed by atoms with E-state index in [2.05, 4.69) is 10.6 Å². The van der Waals surface area contributed by atoms with Crippen LogP contribution in [0, 0.1) is 5.92 Å². The molecule has 0 aromatic heterocycles. The van der Waals surface area contributed by atoms with Crippen LogP contribution in [0.2, 0.25) is 5.02 Å². The van der Waals surface area contributed by atoms with E-state index in [9.17, 15) is 4.79 Å². The van der Waals surface area contributed by atoms with Crippen LogP contribution in [0.1, 0.15) is 12.8 Å². The van der Waals surface area contributed by atoms with Crippen LogP contribution in [0.3, 0.4) is 0 Å². The van der Waals surface area contributed by atoms with Gasteiger partial charge in [-0.1, -0.05) is 29.9 Å². The van der Waals surface area contributed by atoms with Gasteiger partial charge in [0.15, 0.2) is 0 Å². The Morgan fingerprint density at radius 2 is 2.35 bits per heavy atom. The molecular formula is C12H13ClN2OS. The molecular weight excluding hydrogens is 256 g/mol. The zero-order valence-corrected chi connectivity index (χ0v) is 10.8. The minimum Gasteiger partial charge on any atom is -0.379 e. The summed E-state index contributed by atoms with van der Waals surface area (Å²) in [7, 11) is 0. The van der Waals surface area contributed by atoms with Gasteiger partial charge >= 0.3 is 0 Å². The summed E-state index contributed by atoms with van der Waals surface area (Å²) in [5.74, 6) is -0.0112. The van der Waals surface area contributed by atoms with Crippen LogP contribution in [0.15, 0.2) is 24.3 Å². The molecule has 90 valence electrons. The number of rotatable bonds is 2. The number of thiocarbonyl (C=S) groups is 1. The first-order valence-electron chi connectivity index (χ1n) is 5.48. The van der Waals surface area contributed by atoms with E-state index >= 15 is 0 Å². The van der Waals surface area contributed by atoms with Crippen molar-refractivity contribution in [3.05, 3.63) is 29.3 Å². The van der Waals surface area contributed by atoms with Crippen LogP contribution in [-0.4, -0.2) is 17.4 Å². The van der Waals surface area contributed by atoms with Crippen molar-refractivity contribution in [2.24, 2.45) is 5.92 Å². The Balaban J connectivity index is 1.95. The zero-order valence-electron chi connectivity index (χ0n) is 9.20. The fraction of sp³-hybridized carbons (Fsp3) is 0.333. The predicted molar refractivity (Wildman–Crippen MR) is 73.4 cm³/mol. The van der Waals surface area contributed by atoms with Crippen molar-refractivity contribution in [1.82, 2.24) is 5.32 Å². The molecule has 0 radical (unpaired) electrons. The molecule has 1 aromatic carbocycles. The quantitative estimate of drug-likeness (QED) is 0.810. The number of hydrogen-bond acceptors (Lipinski definition) is 2. The van der Waals surface area contributed by atoms with Crippen LogP contribution in [0.25, 0.3) is 0 Å². The lowest BCUT2D eigenvalue weighted by Crippen LogP contribution is -2.39. The van der Waals surface area contributed by atoms with Crippen molar-refractivity contribution in [3.8, 4) is 0 Å². The second-order valence-electron chi connectivity index (χ2n) is 4.04. The first-order valence-corrected chi connectivity index (χ1v) is 6.27. The molecule has 1 aliphatic rings. The van der Waals surface area contributed by atoms with Crippen LogP contribution < -0.4 is 10.6 Å². The molecule has 1 aliphatic heterocycles. The minimum absolute atomic E-state index is 0.0160. The molecule has 1 unspecified atom stereocenters. The van der Waals surface area contributed by atoms with Gasteiger partial charge in [0.1, 0.15) is 0 Å². The number of anilines is 1. The van der Waals surface area contributed by atoms with E-state index in [1.165, 1.54) is 0 Å². The summed E-state index contributed by atoms with van der Waals surface area (Å²) in [4.78, 5) is 12.8. The summed E-state index contributed by atoms with van der Waals surface area (Å²) < 4.78 is 0. The molecule has 0 saturated carbocycles. The topological polar surface area (TPSA) is 41.1 Å². The Kier molecular flexibility index (Phi) is 3.97. The average Bonchev–Trinajstić information content (AvgIpc) is 2.29. The largest absolute Gasteiger partial charge is 0.379 e. The first kappa shape index (κ1) is 12.3. The fourth-order valence-electron chi connectivity index (χ4n) is 1.77. The molecule has 1 saturated heterocycles. The van der Waals surface area contributed by atoms with Gasteiger partial charge in [0, 0.05) is 17.3 Å². The molecule has 0 spiro atoms. The van der Waals surface area contributed by atoms with Crippen molar-refractivity contribution >= 4 is 40.4 Å². The van der Waals surface area contributed by atoms with Crippen molar-refractivity contribution in [3.63, 3.8) is 0 Å². The second-order valence-corrected chi connectivity index (χ2v) is 4.97. The van der Waals surface area contributed by atoms with Crippen molar-refractivity contribution in [1.29, 1.82) is 0 Å². The number of nitrogens with one attached hydrogen (secondary N) is 2. The summed E-state index contributed by atoms with van der Waals surface area (Å²) in [6, 6.07) is 7.15. The number of halogens is 1. The average molecular weight is 269 g/mol. The lowest BCUT2D eigenvalue weighted by atomic mass is 9.98. The fourth-order valence-corrected chi connectivity index (χ4v) is 2.16. The predicted octanol–water partition coefficient (Wildman–Crippen LogP) is 2.61. The van der Waals surface area contributed by atoms with Gasteiger partial charge in [0.2, 0.25) is 5.91 Å². The highest BCUT2D eigenvalue weighted by Crippen LogP contribution is 2.18. The number of piperidine rings is 1. The monoisotopic (exact) mass is 268 g/mol. The first-order chi connectivity index (χ1) is 8.15. The van der Waals surface area contributed by atoms with Gasteiger partial charge in [0.05, 0.1) is 10.9 Å².